The summed E-state index contributed by atoms with van der Waals surface area (Å²) in [5.41, 5.74) is 4.21. The molecule has 18 heavy (non-hydrogen) atoms. The van der Waals surface area contributed by atoms with E-state index in [1.54, 1.807) is 6.92 Å². The zero-order chi connectivity index (χ0) is 13.8. The molecule has 0 saturated heterocycles. The highest BCUT2D eigenvalue weighted by Gasteiger charge is 2.33. The number of nitrogens with two attached hydrogens (primary N) is 1. The lowest BCUT2D eigenvalue weighted by Gasteiger charge is -2.09. The summed E-state index contributed by atoms with van der Waals surface area (Å²) in [6.45, 7) is 1.81. The number of alkyl halides is 3. The van der Waals surface area contributed by atoms with Gasteiger partial charge >= 0.3 is 12.1 Å². The summed E-state index contributed by atoms with van der Waals surface area (Å²) in [5.74, 6) is -1.24. The van der Waals surface area contributed by atoms with E-state index in [9.17, 15) is 18.0 Å². The molecule has 2 N–H and O–H groups in total. The number of anilines is 1. The van der Waals surface area contributed by atoms with Crippen molar-refractivity contribution in [3.8, 4) is 0 Å². The van der Waals surface area contributed by atoms with Crippen molar-refractivity contribution in [2.75, 3.05) is 12.3 Å². The molecular weight excluding hydrogens is 249 g/mol. The molecule has 0 spiro atoms. The smallest absolute Gasteiger partial charge is 0.419 e. The predicted octanol–water partition coefficient (Wildman–Crippen LogP) is 2.26. The van der Waals surface area contributed by atoms with Gasteiger partial charge in [0.25, 0.3) is 0 Å². The largest absolute Gasteiger partial charge is 0.463 e. The lowest BCUT2D eigenvalue weighted by atomic mass is 10.1. The van der Waals surface area contributed by atoms with Crippen molar-refractivity contribution in [3.05, 3.63) is 29.5 Å². The number of nitrogen functional groups attached to an aromatic ring is 1. The molecule has 0 saturated carbocycles. The lowest BCUT2D eigenvalue weighted by Crippen LogP contribution is -2.10. The van der Waals surface area contributed by atoms with Crippen LogP contribution in [0.4, 0.5) is 19.0 Å². The van der Waals surface area contributed by atoms with E-state index in [4.69, 9.17) is 5.73 Å². The molecular formula is C11H11F3N2O2. The number of hydrogen-bond acceptors (Lipinski definition) is 4. The summed E-state index contributed by atoms with van der Waals surface area (Å²) in [4.78, 5) is 14.4. The van der Waals surface area contributed by atoms with Crippen molar-refractivity contribution in [1.82, 2.24) is 4.98 Å². The van der Waals surface area contributed by atoms with E-state index in [0.29, 0.717) is 0 Å². The van der Waals surface area contributed by atoms with Gasteiger partial charge in [0.1, 0.15) is 5.82 Å². The van der Waals surface area contributed by atoms with Crippen LogP contribution in [0.15, 0.2) is 18.3 Å². The zero-order valence-corrected chi connectivity index (χ0v) is 9.49. The van der Waals surface area contributed by atoms with Crippen LogP contribution in [-0.2, 0) is 15.7 Å². The molecule has 0 aliphatic carbocycles. The minimum Gasteiger partial charge on any atom is -0.463 e. The molecule has 0 fully saturated rings. The minimum absolute atomic E-state index is 0.115. The summed E-state index contributed by atoms with van der Waals surface area (Å²) in [7, 11) is 0. The highest BCUT2D eigenvalue weighted by Crippen LogP contribution is 2.33. The van der Waals surface area contributed by atoms with Gasteiger partial charge < -0.3 is 10.5 Å². The van der Waals surface area contributed by atoms with Gasteiger partial charge in [-0.3, -0.25) is 0 Å². The van der Waals surface area contributed by atoms with Gasteiger partial charge in [-0.15, -0.1) is 0 Å². The molecule has 1 aromatic rings. The molecule has 0 atom stereocenters. The molecule has 0 amide bonds. The number of nitrogens with zero attached hydrogens (tertiary/aromatic N) is 1. The van der Waals surface area contributed by atoms with Crippen LogP contribution in [-0.4, -0.2) is 17.6 Å². The summed E-state index contributed by atoms with van der Waals surface area (Å²) >= 11 is 0. The van der Waals surface area contributed by atoms with E-state index >= 15 is 0 Å². The van der Waals surface area contributed by atoms with Crippen molar-refractivity contribution < 1.29 is 22.7 Å². The molecule has 0 aromatic carbocycles. The van der Waals surface area contributed by atoms with Crippen molar-refractivity contribution in [3.63, 3.8) is 0 Å². The molecule has 1 aromatic heterocycles. The van der Waals surface area contributed by atoms with Crippen LogP contribution in [0.3, 0.4) is 0 Å². The molecule has 0 bridgehead atoms. The highest BCUT2D eigenvalue weighted by atomic mass is 19.4. The Labute approximate surface area is 101 Å². The summed E-state index contributed by atoms with van der Waals surface area (Å²) < 4.78 is 42.1. The number of hydrogen-bond donors (Lipinski definition) is 1. The van der Waals surface area contributed by atoms with Crippen LogP contribution in [0.2, 0.25) is 0 Å². The zero-order valence-electron chi connectivity index (χ0n) is 9.49. The number of pyridine rings is 1. The Kier molecular flexibility index (Phi) is 4.30. The standard InChI is InChI=1S/C11H11F3N2O2/c1-2-18-9(17)4-3-7-5-8(11(12,13)14)10(15)16-6-7/h3-6H,2H2,1H3,(H2,15,16). The van der Waals surface area contributed by atoms with E-state index in [0.717, 1.165) is 18.3 Å². The molecule has 1 heterocycles. The highest BCUT2D eigenvalue weighted by molar-refractivity contribution is 5.87. The van der Waals surface area contributed by atoms with Crippen LogP contribution in [0.5, 0.6) is 0 Å². The SMILES string of the molecule is CCOC(=O)C=Cc1cnc(N)c(C(F)(F)F)c1. The van der Waals surface area contributed by atoms with Gasteiger partial charge in [0.05, 0.1) is 12.2 Å². The van der Waals surface area contributed by atoms with Crippen LogP contribution >= 0.6 is 0 Å². The predicted molar refractivity (Wildman–Crippen MR) is 59.3 cm³/mol. The van der Waals surface area contributed by atoms with Gasteiger partial charge in [-0.1, -0.05) is 0 Å². The molecule has 0 radical (unpaired) electrons. The molecule has 0 unspecified atom stereocenters. The quantitative estimate of drug-likeness (QED) is 0.668. The van der Waals surface area contributed by atoms with E-state index in [1.165, 1.54) is 6.08 Å². The number of ether oxygens (including phenoxy) is 1. The fourth-order valence-corrected chi connectivity index (χ4v) is 1.16. The van der Waals surface area contributed by atoms with Gasteiger partial charge in [0.15, 0.2) is 0 Å². The third kappa shape index (κ3) is 3.76. The summed E-state index contributed by atoms with van der Waals surface area (Å²) in [5, 5.41) is 0. The third-order valence-corrected chi connectivity index (χ3v) is 1.94. The lowest BCUT2D eigenvalue weighted by molar-refractivity contribution is -0.137. The van der Waals surface area contributed by atoms with Crippen molar-refractivity contribution in [2.45, 2.75) is 13.1 Å². The number of carbonyl (C=O) groups excluding carboxylic acids is 1. The minimum atomic E-state index is -4.58. The second-order valence-corrected chi connectivity index (χ2v) is 3.28. The fraction of sp³-hybridized carbons (Fsp3) is 0.273. The Balaban J connectivity index is 2.96. The molecule has 4 nitrogen and oxygen atoms in total. The maximum Gasteiger partial charge on any atom is 0.419 e. The molecule has 98 valence electrons. The van der Waals surface area contributed by atoms with Crippen LogP contribution in [0.1, 0.15) is 18.1 Å². The third-order valence-electron chi connectivity index (χ3n) is 1.94. The van der Waals surface area contributed by atoms with E-state index < -0.39 is 23.5 Å². The number of rotatable bonds is 3. The fourth-order valence-electron chi connectivity index (χ4n) is 1.16. The molecule has 0 aliphatic rings. The Morgan fingerprint density at radius 1 is 1.56 bits per heavy atom. The first-order valence-electron chi connectivity index (χ1n) is 5.02. The average Bonchev–Trinajstić information content (AvgIpc) is 2.27. The number of carbonyl (C=O) groups is 1. The Hall–Kier alpha value is -2.05. The molecule has 1 rings (SSSR count). The first kappa shape index (κ1) is 14.0. The monoisotopic (exact) mass is 260 g/mol. The van der Waals surface area contributed by atoms with Crippen molar-refractivity contribution in [2.24, 2.45) is 0 Å². The number of halogens is 3. The maximum atomic E-state index is 12.5. The maximum absolute atomic E-state index is 12.5. The molecule has 0 aliphatic heterocycles. The van der Waals surface area contributed by atoms with Gasteiger partial charge in [-0.25, -0.2) is 9.78 Å². The topological polar surface area (TPSA) is 65.2 Å². The van der Waals surface area contributed by atoms with E-state index in [2.05, 4.69) is 9.72 Å². The second-order valence-electron chi connectivity index (χ2n) is 3.28. The van der Waals surface area contributed by atoms with Gasteiger partial charge in [-0.2, -0.15) is 13.2 Å². The Morgan fingerprint density at radius 3 is 2.78 bits per heavy atom. The average molecular weight is 260 g/mol. The van der Waals surface area contributed by atoms with E-state index in [1.807, 2.05) is 0 Å². The molecule has 7 heteroatoms. The Morgan fingerprint density at radius 2 is 2.22 bits per heavy atom. The Bertz CT molecular complexity index is 470. The summed E-state index contributed by atoms with van der Waals surface area (Å²) in [6.07, 6.45) is -1.23. The summed E-state index contributed by atoms with van der Waals surface area (Å²) in [6, 6.07) is 0.818. The number of aromatic nitrogens is 1. The second kappa shape index (κ2) is 5.52. The van der Waals surface area contributed by atoms with Crippen molar-refractivity contribution >= 4 is 17.9 Å². The van der Waals surface area contributed by atoms with Gasteiger partial charge in [-0.05, 0) is 24.6 Å². The van der Waals surface area contributed by atoms with E-state index in [-0.39, 0.29) is 12.2 Å². The van der Waals surface area contributed by atoms with Crippen LogP contribution in [0.25, 0.3) is 6.08 Å². The first-order valence-corrected chi connectivity index (χ1v) is 5.02. The number of esters is 1. The normalized spacial score (nSPS) is 11.8. The first-order chi connectivity index (χ1) is 8.34. The van der Waals surface area contributed by atoms with Crippen LogP contribution in [0, 0.1) is 0 Å². The van der Waals surface area contributed by atoms with Gasteiger partial charge in [0.2, 0.25) is 0 Å². The van der Waals surface area contributed by atoms with Gasteiger partial charge in [0, 0.05) is 12.3 Å². The van der Waals surface area contributed by atoms with Crippen molar-refractivity contribution in [1.29, 1.82) is 0 Å². The van der Waals surface area contributed by atoms with Crippen LogP contribution < -0.4 is 5.73 Å².